The summed E-state index contributed by atoms with van der Waals surface area (Å²) < 4.78 is 60.7. The van der Waals surface area contributed by atoms with Crippen molar-refractivity contribution in [2.24, 2.45) is 11.3 Å². The Balaban J connectivity index is 0. The first-order valence-electron chi connectivity index (χ1n) is 15.9. The quantitative estimate of drug-likeness (QED) is 0.0385. The van der Waals surface area contributed by atoms with E-state index in [-0.39, 0.29) is 110 Å². The van der Waals surface area contributed by atoms with Crippen molar-refractivity contribution in [1.82, 2.24) is 30.2 Å². The monoisotopic (exact) mass is 887 g/mol. The number of anilines is 1. The van der Waals surface area contributed by atoms with Crippen LogP contribution in [-0.4, -0.2) is 114 Å². The molecule has 1 saturated heterocycles. The number of nitrogens with two attached hydrogens (primary N) is 1. The van der Waals surface area contributed by atoms with Gasteiger partial charge in [0, 0.05) is 37.1 Å². The molecule has 3 heterocycles. The number of phosphoric acid groups is 3. The number of carbonyl (C=O) groups excluding carboxylic acids is 3. The Morgan fingerprint density at radius 1 is 1.05 bits per heavy atom. The number of fused-ring (bicyclic) bond motifs is 1. The Morgan fingerprint density at radius 3 is 2.28 bits per heavy atom. The summed E-state index contributed by atoms with van der Waals surface area (Å²) in [5.41, 5.74) is 4.11. The largest absolute Gasteiger partial charge is 1.00 e. The first-order chi connectivity index (χ1) is 24.9. The van der Waals surface area contributed by atoms with E-state index in [0.29, 0.717) is 12.2 Å². The number of phosphoric ester groups is 3. The number of carbonyl (C=O) groups is 3. The molecule has 0 radical (unpaired) electrons. The Bertz CT molecular complexity index is 1800. The topological polar surface area (TPSA) is 404 Å². The van der Waals surface area contributed by atoms with Gasteiger partial charge in [-0.3, -0.25) is 32.6 Å². The maximum atomic E-state index is 12.5. The number of rotatable bonds is 21. The first-order valence-corrected chi connectivity index (χ1v) is 21.3. The molecule has 2 aromatic rings. The molecule has 0 bridgehead atoms. The smallest absolute Gasteiger partial charge is 0.756 e. The van der Waals surface area contributed by atoms with E-state index < -0.39 is 84.6 Å². The van der Waals surface area contributed by atoms with Gasteiger partial charge in [0.1, 0.15) is 36.3 Å². The van der Waals surface area contributed by atoms with Gasteiger partial charge < -0.3 is 69.9 Å². The van der Waals surface area contributed by atoms with Gasteiger partial charge in [-0.2, -0.15) is 0 Å². The molecule has 25 nitrogen and oxygen atoms in total. The second-order valence-corrected chi connectivity index (χ2v) is 18.1. The van der Waals surface area contributed by atoms with Crippen molar-refractivity contribution in [2.45, 2.75) is 71.2 Å². The van der Waals surface area contributed by atoms with Crippen LogP contribution in [0.4, 0.5) is 5.82 Å². The maximum Gasteiger partial charge on any atom is 1.00 e. The third kappa shape index (κ3) is 18.7. The molecular weight excluding hydrogens is 844 g/mol. The Morgan fingerprint density at radius 2 is 1.67 bits per heavy atom. The van der Waals surface area contributed by atoms with Gasteiger partial charge in [0.2, 0.25) is 11.8 Å². The third-order valence-corrected chi connectivity index (χ3v) is 11.2. The van der Waals surface area contributed by atoms with Crippen molar-refractivity contribution >= 4 is 69.1 Å². The zero-order valence-electron chi connectivity index (χ0n) is 32.7. The fourth-order valence-corrected chi connectivity index (χ4v) is 8.30. The van der Waals surface area contributed by atoms with Gasteiger partial charge in [0.25, 0.3) is 23.5 Å². The molecule has 2 aromatic heterocycles. The number of aliphatic hydroxyl groups is 2. The van der Waals surface area contributed by atoms with Crippen molar-refractivity contribution < 1.29 is 143 Å². The molecule has 58 heavy (non-hydrogen) atoms. The van der Waals surface area contributed by atoms with Gasteiger partial charge in [0.15, 0.2) is 22.8 Å². The van der Waals surface area contributed by atoms with Crippen LogP contribution in [0.1, 0.15) is 46.8 Å². The van der Waals surface area contributed by atoms with Crippen LogP contribution in [0.5, 0.6) is 0 Å². The molecule has 3 rings (SSSR count). The van der Waals surface area contributed by atoms with Gasteiger partial charge in [-0.25, -0.2) is 19.3 Å². The van der Waals surface area contributed by atoms with E-state index in [1.807, 2.05) is 13.8 Å². The first kappa shape index (κ1) is 59.4. The summed E-state index contributed by atoms with van der Waals surface area (Å²) in [6.45, 7) is 4.00. The van der Waals surface area contributed by atoms with E-state index >= 15 is 0 Å². The van der Waals surface area contributed by atoms with Gasteiger partial charge in [-0.05, 0) is 5.92 Å². The summed E-state index contributed by atoms with van der Waals surface area (Å²) >= 11 is 1.09. The van der Waals surface area contributed by atoms with Crippen LogP contribution in [0.15, 0.2) is 12.7 Å². The average Bonchev–Trinajstić information content (AvgIpc) is 3.60. The molecule has 1 fully saturated rings. The molecule has 1 aliphatic rings. The Labute approximate surface area is 372 Å². The summed E-state index contributed by atoms with van der Waals surface area (Å²) in [6, 6.07) is 0. The molecular formula is C26H43Li3N7O18P3S. The van der Waals surface area contributed by atoms with E-state index in [4.69, 9.17) is 10.5 Å². The normalized spacial score (nSPS) is 21.4. The minimum absolute atomic E-state index is 0. The SMILES string of the molecule is CC(C)CC(=O)SCCNC(=O)CCNC(=O)[C@H](O)C(C)(C)COP(=O)([O-])OP(=O)([O-])OC[C@H]1O[C@@H](n2cnc3c(N)ncnc32)[C@H](O)[C@@H]1OP(=O)([O-])O.O.[Li+].[Li+].[Li+]. The summed E-state index contributed by atoms with van der Waals surface area (Å²) in [7, 11) is -17.3. The van der Waals surface area contributed by atoms with E-state index in [9.17, 15) is 57.9 Å². The minimum atomic E-state index is -5.89. The molecule has 32 heteroatoms. The van der Waals surface area contributed by atoms with Gasteiger partial charge in [-0.1, -0.05) is 39.5 Å². The standard InChI is InChI=1S/C26H44N7O17P3S.3Li.H2O/c1-14(2)9-17(35)54-8-7-28-16(34)5-6-29-24(38)21(37)26(3,4)11-47-53(44,45)50-52(42,43)46-10-15-20(49-51(39,40)41)19(36)25(48-15)33-13-32-18-22(27)30-12-31-23(18)33;;;;/h12-15,19-21,25,36-37H,5-11H2,1-4H3,(H,28,34)(H,29,38)(H,42,43)(H,44,45)(H2,27,30,31)(H2,39,40,41);;;;1H2/q;3*+1;/p-3/t15-,19-,20-,21+,25-;;;;/m1..../s1. The third-order valence-electron chi connectivity index (χ3n) is 7.32. The molecule has 0 saturated carbocycles. The van der Waals surface area contributed by atoms with Crippen LogP contribution in [0.25, 0.3) is 11.2 Å². The Kier molecular flexibility index (Phi) is 26.0. The van der Waals surface area contributed by atoms with E-state index in [2.05, 4.69) is 43.5 Å². The van der Waals surface area contributed by atoms with Crippen molar-refractivity contribution in [1.29, 1.82) is 0 Å². The predicted molar refractivity (Wildman–Crippen MR) is 184 cm³/mol. The fourth-order valence-electron chi connectivity index (χ4n) is 4.67. The zero-order valence-corrected chi connectivity index (χ0v) is 36.2. The zero-order chi connectivity index (χ0) is 40.6. The van der Waals surface area contributed by atoms with Crippen molar-refractivity contribution in [3.05, 3.63) is 12.7 Å². The van der Waals surface area contributed by atoms with Crippen molar-refractivity contribution in [2.75, 3.05) is 37.8 Å². The number of amides is 2. The molecule has 9 N–H and O–H groups in total. The van der Waals surface area contributed by atoms with E-state index in [1.54, 1.807) is 0 Å². The number of nitrogens with zero attached hydrogens (tertiary/aromatic N) is 4. The fraction of sp³-hybridized carbons (Fsp3) is 0.692. The second-order valence-electron chi connectivity index (χ2n) is 12.8. The number of nitrogen functional groups attached to an aromatic ring is 1. The average molecular weight is 887 g/mol. The van der Waals surface area contributed by atoms with Crippen LogP contribution < -0.4 is 87.6 Å². The number of hydrogen-bond acceptors (Lipinski definition) is 21. The number of ether oxygens (including phenoxy) is 1. The number of aromatic nitrogens is 4. The van der Waals surface area contributed by atoms with Crippen LogP contribution in [0.2, 0.25) is 0 Å². The number of imidazole rings is 1. The number of hydrogen-bond donors (Lipinski definition) is 6. The van der Waals surface area contributed by atoms with Crippen LogP contribution in [0.3, 0.4) is 0 Å². The molecule has 0 aliphatic carbocycles. The van der Waals surface area contributed by atoms with E-state index in [0.717, 1.165) is 29.0 Å². The van der Waals surface area contributed by atoms with Crippen LogP contribution >= 0.6 is 35.2 Å². The maximum absolute atomic E-state index is 12.5. The second kappa shape index (κ2) is 25.4. The summed E-state index contributed by atoms with van der Waals surface area (Å²) in [5, 5.41) is 26.2. The van der Waals surface area contributed by atoms with E-state index in [1.165, 1.54) is 13.8 Å². The summed E-state index contributed by atoms with van der Waals surface area (Å²) in [4.78, 5) is 93.6. The van der Waals surface area contributed by atoms with Crippen LogP contribution in [-0.2, 0) is 50.7 Å². The molecule has 314 valence electrons. The summed E-state index contributed by atoms with van der Waals surface area (Å²) in [6.07, 6.45) is -6.95. The molecule has 0 spiro atoms. The van der Waals surface area contributed by atoms with Gasteiger partial charge in [0.05, 0.1) is 19.5 Å². The predicted octanol–water partition coefficient (Wildman–Crippen LogP) is -12.0. The Hall–Kier alpha value is -0.688. The molecule has 2 amide bonds. The molecule has 0 aromatic carbocycles. The van der Waals surface area contributed by atoms with Crippen molar-refractivity contribution in [3.8, 4) is 0 Å². The van der Waals surface area contributed by atoms with Gasteiger partial charge >= 0.3 is 56.6 Å². The van der Waals surface area contributed by atoms with Crippen molar-refractivity contribution in [3.63, 3.8) is 0 Å². The number of thioether (sulfide) groups is 1. The minimum Gasteiger partial charge on any atom is -0.756 e. The summed E-state index contributed by atoms with van der Waals surface area (Å²) in [5.74, 6) is -0.941. The molecule has 8 atom stereocenters. The number of aliphatic hydroxyl groups excluding tert-OH is 2. The van der Waals surface area contributed by atoms with Crippen LogP contribution in [0, 0.1) is 11.3 Å². The number of nitrogens with one attached hydrogen (secondary N) is 2. The van der Waals surface area contributed by atoms with Gasteiger partial charge in [-0.15, -0.1) is 0 Å². The molecule has 1 aliphatic heterocycles. The molecule has 3 unspecified atom stereocenters.